The average Bonchev–Trinajstić information content (AvgIpc) is 3.31. The number of carbonyl (C=O) groups excluding carboxylic acids is 2. The Labute approximate surface area is 231 Å². The highest BCUT2D eigenvalue weighted by atomic mass is 19.4. The molecule has 0 aromatic heterocycles. The molecule has 1 saturated carbocycles. The first-order valence-electron chi connectivity index (χ1n) is 13.9. The first-order chi connectivity index (χ1) is 19.0. The lowest BCUT2D eigenvalue weighted by molar-refractivity contribution is -0.256. The molecular formula is C30H35F4N3O3. The van der Waals surface area contributed by atoms with Gasteiger partial charge in [-0.05, 0) is 80.1 Å². The summed E-state index contributed by atoms with van der Waals surface area (Å²) in [5.41, 5.74) is 6.00. The summed E-state index contributed by atoms with van der Waals surface area (Å²) in [6, 6.07) is 13.5. The summed E-state index contributed by atoms with van der Waals surface area (Å²) >= 11 is 0. The van der Waals surface area contributed by atoms with Crippen LogP contribution in [0.25, 0.3) is 11.1 Å². The summed E-state index contributed by atoms with van der Waals surface area (Å²) in [6.45, 7) is 1.83. The molecule has 6 nitrogen and oxygen atoms in total. The number of hydrogen-bond donors (Lipinski definition) is 1. The number of alkyl halides is 4. The van der Waals surface area contributed by atoms with E-state index in [9.17, 15) is 27.2 Å². The summed E-state index contributed by atoms with van der Waals surface area (Å²) in [5.74, 6) is -0.105. The van der Waals surface area contributed by atoms with E-state index in [1.165, 1.54) is 4.90 Å². The van der Waals surface area contributed by atoms with Crippen LogP contribution in [-0.2, 0) is 4.79 Å². The molecule has 0 spiro atoms. The van der Waals surface area contributed by atoms with Gasteiger partial charge in [0.05, 0.1) is 18.6 Å². The molecule has 1 unspecified atom stereocenters. The summed E-state index contributed by atoms with van der Waals surface area (Å²) in [7, 11) is 0. The van der Waals surface area contributed by atoms with Crippen LogP contribution in [0.2, 0.25) is 0 Å². The molecule has 1 aliphatic carbocycles. The number of rotatable bonds is 8. The second-order valence-corrected chi connectivity index (χ2v) is 11.5. The van der Waals surface area contributed by atoms with Gasteiger partial charge in [-0.3, -0.25) is 9.59 Å². The topological polar surface area (TPSA) is 75.9 Å². The number of hydrogen-bond acceptors (Lipinski definition) is 4. The van der Waals surface area contributed by atoms with Crippen molar-refractivity contribution in [3.63, 3.8) is 0 Å². The van der Waals surface area contributed by atoms with Crippen molar-refractivity contribution in [3.8, 4) is 16.9 Å². The summed E-state index contributed by atoms with van der Waals surface area (Å²) in [5, 5.41) is 0. The quantitative estimate of drug-likeness (QED) is 0.449. The lowest BCUT2D eigenvalue weighted by Gasteiger charge is -2.47. The third kappa shape index (κ3) is 5.96. The molecule has 216 valence electrons. The first kappa shape index (κ1) is 28.4. The van der Waals surface area contributed by atoms with Crippen LogP contribution in [0.5, 0.6) is 5.75 Å². The smallest absolute Gasteiger partial charge is 0.395 e. The van der Waals surface area contributed by atoms with Gasteiger partial charge in [0.25, 0.3) is 5.91 Å². The van der Waals surface area contributed by atoms with Crippen LogP contribution >= 0.6 is 0 Å². The molecule has 2 aromatic carbocycles. The Morgan fingerprint density at radius 3 is 2.10 bits per heavy atom. The fourth-order valence-electron chi connectivity index (χ4n) is 6.08. The van der Waals surface area contributed by atoms with E-state index in [0.29, 0.717) is 37.6 Å². The molecule has 3 fully saturated rings. The molecule has 2 amide bonds. The molecule has 5 rings (SSSR count). The minimum absolute atomic E-state index is 0.0741. The molecule has 10 heteroatoms. The molecule has 2 atom stereocenters. The van der Waals surface area contributed by atoms with E-state index < -0.39 is 35.6 Å². The van der Waals surface area contributed by atoms with Gasteiger partial charge in [-0.25, -0.2) is 4.39 Å². The molecular weight excluding hydrogens is 526 g/mol. The zero-order chi connectivity index (χ0) is 28.5. The normalized spacial score (nSPS) is 23.6. The van der Waals surface area contributed by atoms with Crippen LogP contribution in [0.15, 0.2) is 48.5 Å². The first-order valence-corrected chi connectivity index (χ1v) is 13.9. The number of nitrogens with zero attached hydrogens (tertiary/aromatic N) is 2. The molecule has 3 aliphatic rings. The van der Waals surface area contributed by atoms with Crippen LogP contribution in [-0.4, -0.2) is 72.8 Å². The molecule has 2 aliphatic heterocycles. The minimum atomic E-state index is -4.12. The van der Waals surface area contributed by atoms with Crippen molar-refractivity contribution in [1.82, 2.24) is 9.80 Å². The van der Waals surface area contributed by atoms with Crippen molar-refractivity contribution in [2.45, 2.75) is 56.9 Å². The van der Waals surface area contributed by atoms with E-state index >= 15 is 0 Å². The average molecular weight is 562 g/mol. The van der Waals surface area contributed by atoms with Gasteiger partial charge in [-0.1, -0.05) is 30.7 Å². The fourth-order valence-corrected chi connectivity index (χ4v) is 6.08. The van der Waals surface area contributed by atoms with E-state index in [1.54, 1.807) is 24.3 Å². The van der Waals surface area contributed by atoms with E-state index in [2.05, 4.69) is 0 Å². The van der Waals surface area contributed by atoms with Crippen molar-refractivity contribution in [1.29, 1.82) is 0 Å². The highest BCUT2D eigenvalue weighted by Gasteiger charge is 2.58. The van der Waals surface area contributed by atoms with Crippen LogP contribution in [0.1, 0.15) is 48.9 Å². The Morgan fingerprint density at radius 1 is 0.975 bits per heavy atom. The van der Waals surface area contributed by atoms with Gasteiger partial charge < -0.3 is 20.3 Å². The second-order valence-electron chi connectivity index (χ2n) is 11.5. The largest absolute Gasteiger partial charge is 0.493 e. The number of piperidine rings is 1. The monoisotopic (exact) mass is 561 g/mol. The van der Waals surface area contributed by atoms with E-state index in [0.717, 1.165) is 29.7 Å². The van der Waals surface area contributed by atoms with Crippen molar-refractivity contribution in [2.24, 2.45) is 17.1 Å². The Bertz CT molecular complexity index is 1190. The van der Waals surface area contributed by atoms with Crippen molar-refractivity contribution >= 4 is 11.8 Å². The number of carbonyl (C=O) groups is 2. The Hall–Kier alpha value is -3.14. The highest BCUT2D eigenvalue weighted by Crippen LogP contribution is 2.53. The number of benzene rings is 2. The van der Waals surface area contributed by atoms with Crippen molar-refractivity contribution in [2.75, 3.05) is 32.8 Å². The maximum absolute atomic E-state index is 13.8. The molecule has 2 saturated heterocycles. The summed E-state index contributed by atoms with van der Waals surface area (Å²) in [6.07, 6.45) is -2.68. The SMILES string of the molecule is NC(=O)C1C[C@H](F)CN1C(=O)c1ccc(-c2ccc(OCC3CCN(CC4(C(F)(F)F)CCC4)CC3)cc2)cc1. The zero-order valence-electron chi connectivity index (χ0n) is 22.3. The molecule has 2 heterocycles. The number of halogens is 4. The number of primary amides is 1. The van der Waals surface area contributed by atoms with Gasteiger partial charge in [0.2, 0.25) is 5.91 Å². The Kier molecular flexibility index (Phi) is 8.08. The molecule has 40 heavy (non-hydrogen) atoms. The number of nitrogens with two attached hydrogens (primary N) is 1. The van der Waals surface area contributed by atoms with E-state index in [1.807, 2.05) is 29.2 Å². The van der Waals surface area contributed by atoms with Crippen molar-refractivity contribution in [3.05, 3.63) is 54.1 Å². The minimum Gasteiger partial charge on any atom is -0.493 e. The maximum atomic E-state index is 13.8. The molecule has 0 bridgehead atoms. The highest BCUT2D eigenvalue weighted by molar-refractivity contribution is 5.98. The summed E-state index contributed by atoms with van der Waals surface area (Å²) < 4.78 is 60.3. The lowest BCUT2D eigenvalue weighted by Crippen LogP contribution is -2.53. The van der Waals surface area contributed by atoms with Crippen LogP contribution in [0.3, 0.4) is 0 Å². The molecule has 0 radical (unpaired) electrons. The number of likely N-dealkylation sites (tertiary alicyclic amines) is 2. The standard InChI is InChI=1S/C30H35F4N3O3/c31-24-16-26(27(35)38)37(17-24)28(39)23-4-2-21(3-5-23)22-6-8-25(9-7-22)40-18-20-10-14-36(15-11-20)19-29(12-1-13-29)30(32,33)34/h2-9,20,24,26H,1,10-19H2,(H2,35,38)/t24-,26?/m0/s1. The van der Waals surface area contributed by atoms with Crippen LogP contribution < -0.4 is 10.5 Å². The predicted molar refractivity (Wildman–Crippen MR) is 142 cm³/mol. The number of ether oxygens (including phenoxy) is 1. The molecule has 2 aromatic rings. The van der Waals surface area contributed by atoms with Crippen molar-refractivity contribution < 1.29 is 31.9 Å². The Balaban J connectivity index is 1.10. The second kappa shape index (κ2) is 11.4. The van der Waals surface area contributed by atoms with Gasteiger partial charge in [0.15, 0.2) is 0 Å². The van der Waals surface area contributed by atoms with Gasteiger partial charge in [-0.2, -0.15) is 13.2 Å². The summed E-state index contributed by atoms with van der Waals surface area (Å²) in [4.78, 5) is 27.6. The van der Waals surface area contributed by atoms with Gasteiger partial charge in [0.1, 0.15) is 18.0 Å². The fraction of sp³-hybridized carbons (Fsp3) is 0.533. The van der Waals surface area contributed by atoms with Crippen LogP contribution in [0, 0.1) is 11.3 Å². The van der Waals surface area contributed by atoms with E-state index in [-0.39, 0.29) is 32.4 Å². The van der Waals surface area contributed by atoms with Gasteiger partial charge in [0, 0.05) is 18.5 Å². The maximum Gasteiger partial charge on any atom is 0.395 e. The number of amides is 2. The third-order valence-corrected chi connectivity index (χ3v) is 8.79. The molecule has 2 N–H and O–H groups in total. The van der Waals surface area contributed by atoms with Crippen LogP contribution in [0.4, 0.5) is 17.6 Å². The van der Waals surface area contributed by atoms with E-state index in [4.69, 9.17) is 10.5 Å². The Morgan fingerprint density at radius 2 is 1.57 bits per heavy atom. The van der Waals surface area contributed by atoms with Gasteiger partial charge >= 0.3 is 6.18 Å². The predicted octanol–water partition coefficient (Wildman–Crippen LogP) is 5.21. The zero-order valence-corrected chi connectivity index (χ0v) is 22.3. The third-order valence-electron chi connectivity index (χ3n) is 8.79. The lowest BCUT2D eigenvalue weighted by atomic mass is 9.67. The van der Waals surface area contributed by atoms with Gasteiger partial charge in [-0.15, -0.1) is 0 Å².